The topological polar surface area (TPSA) is 58.6 Å². The summed E-state index contributed by atoms with van der Waals surface area (Å²) in [6.45, 7) is 8.44. The number of nitrogens with zero attached hydrogens (tertiary/aromatic N) is 4. The van der Waals surface area contributed by atoms with Crippen LogP contribution in [0.4, 0.5) is 10.6 Å². The van der Waals surface area contributed by atoms with E-state index in [1.807, 2.05) is 20.8 Å². The van der Waals surface area contributed by atoms with Crippen molar-refractivity contribution in [3.63, 3.8) is 0 Å². The Kier molecular flexibility index (Phi) is 4.88. The second-order valence-corrected chi connectivity index (χ2v) is 6.39. The molecule has 6 nitrogen and oxygen atoms in total. The van der Waals surface area contributed by atoms with Crippen molar-refractivity contribution in [1.29, 1.82) is 0 Å². The van der Waals surface area contributed by atoms with Crippen molar-refractivity contribution in [2.24, 2.45) is 0 Å². The molecule has 1 aromatic rings. The molecule has 0 unspecified atom stereocenters. The Labute approximate surface area is 130 Å². The molecule has 1 saturated heterocycles. The number of aromatic nitrogens is 2. The van der Waals surface area contributed by atoms with E-state index in [0.29, 0.717) is 24.8 Å². The quantitative estimate of drug-likeness (QED) is 0.746. The second-order valence-electron chi connectivity index (χ2n) is 6.01. The molecular weight excluding hydrogens is 292 g/mol. The van der Waals surface area contributed by atoms with Gasteiger partial charge in [-0.05, 0) is 27.2 Å². The Bertz CT molecular complexity index is 504. The lowest BCUT2D eigenvalue weighted by Crippen LogP contribution is -2.39. The summed E-state index contributed by atoms with van der Waals surface area (Å²) in [5, 5.41) is 0.424. The molecule has 1 aliphatic rings. The molecule has 1 amide bonds. The molecule has 1 aliphatic heterocycles. The molecule has 2 rings (SSSR count). The average molecular weight is 313 g/mol. The summed E-state index contributed by atoms with van der Waals surface area (Å²) in [5.41, 5.74) is -0.469. The van der Waals surface area contributed by atoms with Crippen LogP contribution in [0, 0.1) is 0 Å². The third-order valence-corrected chi connectivity index (χ3v) is 3.30. The van der Waals surface area contributed by atoms with Gasteiger partial charge in [0.1, 0.15) is 22.9 Å². The molecule has 0 spiro atoms. The molecule has 21 heavy (non-hydrogen) atoms. The van der Waals surface area contributed by atoms with Crippen molar-refractivity contribution in [2.75, 3.05) is 31.1 Å². The molecule has 0 radical (unpaired) electrons. The van der Waals surface area contributed by atoms with Crippen LogP contribution in [0.1, 0.15) is 27.2 Å². The zero-order chi connectivity index (χ0) is 15.5. The summed E-state index contributed by atoms with van der Waals surface area (Å²) in [6, 6.07) is 1.74. The number of hydrogen-bond acceptors (Lipinski definition) is 5. The molecule has 0 atom stereocenters. The Hall–Kier alpha value is -1.56. The minimum atomic E-state index is -0.469. The van der Waals surface area contributed by atoms with Crippen LogP contribution in [0.2, 0.25) is 5.15 Å². The van der Waals surface area contributed by atoms with E-state index in [4.69, 9.17) is 16.3 Å². The second kappa shape index (κ2) is 6.47. The van der Waals surface area contributed by atoms with Gasteiger partial charge in [0, 0.05) is 32.2 Å². The first kappa shape index (κ1) is 15.8. The summed E-state index contributed by atoms with van der Waals surface area (Å²) in [7, 11) is 0. The van der Waals surface area contributed by atoms with Gasteiger partial charge in [0.2, 0.25) is 0 Å². The number of carbonyl (C=O) groups excluding carboxylic acids is 1. The van der Waals surface area contributed by atoms with Gasteiger partial charge in [-0.2, -0.15) is 0 Å². The van der Waals surface area contributed by atoms with Crippen molar-refractivity contribution in [1.82, 2.24) is 14.9 Å². The summed E-state index contributed by atoms with van der Waals surface area (Å²) in [6.07, 6.45) is 2.06. The predicted octanol–water partition coefficient (Wildman–Crippen LogP) is 2.58. The summed E-state index contributed by atoms with van der Waals surface area (Å²) >= 11 is 5.89. The molecule has 0 aliphatic carbocycles. The number of rotatable bonds is 1. The summed E-state index contributed by atoms with van der Waals surface area (Å²) in [5.74, 6) is 0.793. The standard InChI is InChI=1S/C14H21ClN4O2/c1-14(2,3)21-13(20)19-6-4-5-18(7-8-19)12-9-11(15)16-10-17-12/h9-10H,4-8H2,1-3H3. The van der Waals surface area contributed by atoms with Gasteiger partial charge in [0.25, 0.3) is 0 Å². The minimum absolute atomic E-state index is 0.259. The molecule has 116 valence electrons. The van der Waals surface area contributed by atoms with Crippen LogP contribution in [0.25, 0.3) is 0 Å². The number of amides is 1. The number of halogens is 1. The third kappa shape index (κ3) is 4.74. The van der Waals surface area contributed by atoms with E-state index in [9.17, 15) is 4.79 Å². The fourth-order valence-electron chi connectivity index (χ4n) is 2.15. The monoisotopic (exact) mass is 312 g/mol. The van der Waals surface area contributed by atoms with Gasteiger partial charge in [0.15, 0.2) is 0 Å². The molecule has 0 N–H and O–H groups in total. The lowest BCUT2D eigenvalue weighted by molar-refractivity contribution is 0.0263. The van der Waals surface area contributed by atoms with Gasteiger partial charge in [-0.3, -0.25) is 0 Å². The van der Waals surface area contributed by atoms with Crippen molar-refractivity contribution in [2.45, 2.75) is 32.8 Å². The van der Waals surface area contributed by atoms with Gasteiger partial charge >= 0.3 is 6.09 Å². The zero-order valence-electron chi connectivity index (χ0n) is 12.7. The Morgan fingerprint density at radius 2 is 2.00 bits per heavy atom. The van der Waals surface area contributed by atoms with Crippen LogP contribution in [0.5, 0.6) is 0 Å². The minimum Gasteiger partial charge on any atom is -0.444 e. The van der Waals surface area contributed by atoms with Crippen LogP contribution in [0.3, 0.4) is 0 Å². The van der Waals surface area contributed by atoms with Crippen molar-refractivity contribution in [3.8, 4) is 0 Å². The van der Waals surface area contributed by atoms with Crippen LogP contribution in [-0.2, 0) is 4.74 Å². The Morgan fingerprint density at radius 1 is 1.24 bits per heavy atom. The van der Waals surface area contributed by atoms with Gasteiger partial charge in [-0.15, -0.1) is 0 Å². The van der Waals surface area contributed by atoms with E-state index in [-0.39, 0.29) is 6.09 Å². The number of anilines is 1. The molecule has 0 bridgehead atoms. The highest BCUT2D eigenvalue weighted by molar-refractivity contribution is 6.29. The molecular formula is C14H21ClN4O2. The van der Waals surface area contributed by atoms with Crippen molar-refractivity contribution >= 4 is 23.5 Å². The van der Waals surface area contributed by atoms with Crippen LogP contribution < -0.4 is 4.90 Å². The van der Waals surface area contributed by atoms with E-state index in [0.717, 1.165) is 18.8 Å². The lowest BCUT2D eigenvalue weighted by Gasteiger charge is -2.26. The van der Waals surface area contributed by atoms with Crippen molar-refractivity contribution < 1.29 is 9.53 Å². The van der Waals surface area contributed by atoms with E-state index < -0.39 is 5.60 Å². The fraction of sp³-hybridized carbons (Fsp3) is 0.643. The maximum atomic E-state index is 12.1. The number of carbonyl (C=O) groups is 1. The maximum absolute atomic E-state index is 12.1. The zero-order valence-corrected chi connectivity index (χ0v) is 13.4. The molecule has 0 saturated carbocycles. The van der Waals surface area contributed by atoms with Gasteiger partial charge in [0.05, 0.1) is 0 Å². The maximum Gasteiger partial charge on any atom is 0.410 e. The molecule has 2 heterocycles. The molecule has 1 fully saturated rings. The number of hydrogen-bond donors (Lipinski definition) is 0. The van der Waals surface area contributed by atoms with Crippen LogP contribution >= 0.6 is 11.6 Å². The molecule has 1 aromatic heterocycles. The largest absolute Gasteiger partial charge is 0.444 e. The summed E-state index contributed by atoms with van der Waals surface area (Å²) < 4.78 is 5.41. The first-order chi connectivity index (χ1) is 9.85. The van der Waals surface area contributed by atoms with Crippen LogP contribution in [0.15, 0.2) is 12.4 Å². The Morgan fingerprint density at radius 3 is 2.67 bits per heavy atom. The normalized spacial score (nSPS) is 16.6. The number of ether oxygens (including phenoxy) is 1. The molecule has 7 heteroatoms. The lowest BCUT2D eigenvalue weighted by atomic mass is 10.2. The fourth-order valence-corrected chi connectivity index (χ4v) is 2.29. The first-order valence-electron chi connectivity index (χ1n) is 7.05. The molecule has 0 aromatic carbocycles. The highest BCUT2D eigenvalue weighted by atomic mass is 35.5. The highest BCUT2D eigenvalue weighted by Crippen LogP contribution is 2.17. The van der Waals surface area contributed by atoms with Gasteiger partial charge in [-0.25, -0.2) is 14.8 Å². The smallest absolute Gasteiger partial charge is 0.410 e. The predicted molar refractivity (Wildman–Crippen MR) is 81.7 cm³/mol. The summed E-state index contributed by atoms with van der Waals surface area (Å²) in [4.78, 5) is 24.1. The SMILES string of the molecule is CC(C)(C)OC(=O)N1CCCN(c2cc(Cl)ncn2)CC1. The Balaban J connectivity index is 1.97. The van der Waals surface area contributed by atoms with Crippen molar-refractivity contribution in [3.05, 3.63) is 17.5 Å². The van der Waals surface area contributed by atoms with Gasteiger partial charge < -0.3 is 14.5 Å². The van der Waals surface area contributed by atoms with E-state index in [1.54, 1.807) is 11.0 Å². The third-order valence-electron chi connectivity index (χ3n) is 3.09. The van der Waals surface area contributed by atoms with E-state index >= 15 is 0 Å². The highest BCUT2D eigenvalue weighted by Gasteiger charge is 2.24. The van der Waals surface area contributed by atoms with Gasteiger partial charge in [-0.1, -0.05) is 11.6 Å². The van der Waals surface area contributed by atoms with E-state index in [1.165, 1.54) is 6.33 Å². The average Bonchev–Trinajstić information content (AvgIpc) is 2.62. The first-order valence-corrected chi connectivity index (χ1v) is 7.43. The van der Waals surface area contributed by atoms with E-state index in [2.05, 4.69) is 14.9 Å². The van der Waals surface area contributed by atoms with Crippen LogP contribution in [-0.4, -0.2) is 52.7 Å².